The highest BCUT2D eigenvalue weighted by atomic mass is 79.9. The quantitative estimate of drug-likeness (QED) is 0.629. The summed E-state index contributed by atoms with van der Waals surface area (Å²) in [4.78, 5) is 9.80. The summed E-state index contributed by atoms with van der Waals surface area (Å²) < 4.78 is 40.6. The Balaban J connectivity index is 2.64. The smallest absolute Gasteiger partial charge is 0.392 e. The highest BCUT2D eigenvalue weighted by molar-refractivity contribution is 9.10. The number of non-ortho nitro benzene ring substituents is 1. The fourth-order valence-electron chi connectivity index (χ4n) is 0.997. The maximum atomic E-state index is 11.8. The molecule has 0 saturated carbocycles. The first kappa shape index (κ1) is 13.8. The van der Waals surface area contributed by atoms with Gasteiger partial charge in [0.2, 0.25) is 0 Å². The zero-order valence-electron chi connectivity index (χ0n) is 8.33. The maximum Gasteiger partial charge on any atom is 0.392 e. The summed E-state index contributed by atoms with van der Waals surface area (Å²) in [6.07, 6.45) is -5.36. The van der Waals surface area contributed by atoms with Crippen LogP contribution in [0.4, 0.5) is 18.9 Å². The number of alkyl halides is 3. The first-order chi connectivity index (χ1) is 7.79. The molecule has 1 aromatic rings. The molecule has 0 bridgehead atoms. The molecule has 0 radical (unpaired) electrons. The molecule has 4 nitrogen and oxygen atoms in total. The van der Waals surface area contributed by atoms with Crippen molar-refractivity contribution in [1.29, 1.82) is 0 Å². The Kier molecular flexibility index (Phi) is 4.33. The van der Waals surface area contributed by atoms with Gasteiger partial charge in [-0.2, -0.15) is 13.2 Å². The summed E-state index contributed by atoms with van der Waals surface area (Å²) >= 11 is 2.99. The van der Waals surface area contributed by atoms with Gasteiger partial charge < -0.3 is 4.74 Å². The van der Waals surface area contributed by atoms with Gasteiger partial charge in [-0.1, -0.05) is 0 Å². The molecule has 0 atom stereocenters. The summed E-state index contributed by atoms with van der Waals surface area (Å²) in [5.41, 5.74) is -0.167. The van der Waals surface area contributed by atoms with Crippen molar-refractivity contribution in [1.82, 2.24) is 0 Å². The Morgan fingerprint density at radius 3 is 2.53 bits per heavy atom. The van der Waals surface area contributed by atoms with Crippen LogP contribution in [0.2, 0.25) is 0 Å². The first-order valence-corrected chi connectivity index (χ1v) is 5.22. The van der Waals surface area contributed by atoms with Crippen molar-refractivity contribution in [3.05, 3.63) is 32.8 Å². The summed E-state index contributed by atoms with van der Waals surface area (Å²) in [7, 11) is 0. The van der Waals surface area contributed by atoms with Crippen LogP contribution in [-0.2, 0) is 0 Å². The molecule has 0 heterocycles. The van der Waals surface area contributed by atoms with E-state index in [1.807, 2.05) is 0 Å². The number of halogens is 4. The molecular weight excluding hydrogens is 307 g/mol. The third-order valence-electron chi connectivity index (χ3n) is 1.77. The number of benzene rings is 1. The standard InChI is InChI=1S/C9H7BrF3NO3/c10-7-5-6(14(15)16)1-2-8(7)17-4-3-9(11,12)13/h1-2,5H,3-4H2. The van der Waals surface area contributed by atoms with Crippen LogP contribution in [0.25, 0.3) is 0 Å². The van der Waals surface area contributed by atoms with Gasteiger partial charge >= 0.3 is 6.18 Å². The van der Waals surface area contributed by atoms with Gasteiger partial charge in [0, 0.05) is 12.1 Å². The van der Waals surface area contributed by atoms with Crippen LogP contribution in [0.1, 0.15) is 6.42 Å². The highest BCUT2D eigenvalue weighted by Gasteiger charge is 2.27. The zero-order valence-corrected chi connectivity index (χ0v) is 9.92. The second-order valence-corrected chi connectivity index (χ2v) is 3.94. The van der Waals surface area contributed by atoms with Gasteiger partial charge in [-0.05, 0) is 22.0 Å². The lowest BCUT2D eigenvalue weighted by Gasteiger charge is -2.09. The molecule has 0 N–H and O–H groups in total. The van der Waals surface area contributed by atoms with E-state index in [0.717, 1.165) is 6.07 Å². The fourth-order valence-corrected chi connectivity index (χ4v) is 1.48. The summed E-state index contributed by atoms with van der Waals surface area (Å²) in [5.74, 6) is 0.139. The molecule has 1 rings (SSSR count). The average Bonchev–Trinajstić information content (AvgIpc) is 2.18. The number of nitrogens with zero attached hydrogens (tertiary/aromatic N) is 1. The van der Waals surface area contributed by atoms with Gasteiger partial charge in [-0.15, -0.1) is 0 Å². The third-order valence-corrected chi connectivity index (χ3v) is 2.39. The maximum absolute atomic E-state index is 11.8. The van der Waals surface area contributed by atoms with Crippen LogP contribution < -0.4 is 4.74 Å². The van der Waals surface area contributed by atoms with Crippen molar-refractivity contribution in [2.45, 2.75) is 12.6 Å². The lowest BCUT2D eigenvalue weighted by atomic mass is 10.3. The van der Waals surface area contributed by atoms with E-state index in [0.29, 0.717) is 0 Å². The monoisotopic (exact) mass is 313 g/mol. The van der Waals surface area contributed by atoms with E-state index in [4.69, 9.17) is 4.74 Å². The third kappa shape index (κ3) is 4.59. The molecule has 1 aromatic carbocycles. The van der Waals surface area contributed by atoms with Gasteiger partial charge in [0.25, 0.3) is 5.69 Å². The Labute approximate surface area is 103 Å². The van der Waals surface area contributed by atoms with Crippen molar-refractivity contribution in [3.8, 4) is 5.75 Å². The van der Waals surface area contributed by atoms with Crippen molar-refractivity contribution >= 4 is 21.6 Å². The highest BCUT2D eigenvalue weighted by Crippen LogP contribution is 2.29. The van der Waals surface area contributed by atoms with E-state index >= 15 is 0 Å². The molecule has 0 unspecified atom stereocenters. The van der Waals surface area contributed by atoms with E-state index in [1.165, 1.54) is 12.1 Å². The molecule has 0 fully saturated rings. The molecule has 94 valence electrons. The van der Waals surface area contributed by atoms with Crippen molar-refractivity contribution in [2.75, 3.05) is 6.61 Å². The van der Waals surface area contributed by atoms with Crippen LogP contribution in [-0.4, -0.2) is 17.7 Å². The topological polar surface area (TPSA) is 52.4 Å². The predicted molar refractivity (Wildman–Crippen MR) is 57.0 cm³/mol. The van der Waals surface area contributed by atoms with Crippen LogP contribution in [0, 0.1) is 10.1 Å². The Morgan fingerprint density at radius 1 is 1.41 bits per heavy atom. The summed E-state index contributed by atoms with van der Waals surface area (Å²) in [5, 5.41) is 10.4. The van der Waals surface area contributed by atoms with Gasteiger partial charge in [0.05, 0.1) is 22.4 Å². The summed E-state index contributed by atoms with van der Waals surface area (Å²) in [6, 6.07) is 3.58. The van der Waals surface area contributed by atoms with E-state index in [-0.39, 0.29) is 15.9 Å². The largest absolute Gasteiger partial charge is 0.492 e. The molecule has 17 heavy (non-hydrogen) atoms. The molecule has 0 aromatic heterocycles. The number of rotatable bonds is 4. The van der Waals surface area contributed by atoms with Gasteiger partial charge in [-0.25, -0.2) is 0 Å². The van der Waals surface area contributed by atoms with E-state index in [2.05, 4.69) is 15.9 Å². The van der Waals surface area contributed by atoms with Gasteiger partial charge in [0.15, 0.2) is 0 Å². The molecule has 0 aliphatic heterocycles. The van der Waals surface area contributed by atoms with Crippen LogP contribution >= 0.6 is 15.9 Å². The van der Waals surface area contributed by atoms with Crippen molar-refractivity contribution in [3.63, 3.8) is 0 Å². The molecule has 8 heteroatoms. The minimum Gasteiger partial charge on any atom is -0.492 e. The zero-order chi connectivity index (χ0) is 13.1. The van der Waals surface area contributed by atoms with E-state index in [9.17, 15) is 23.3 Å². The number of hydrogen-bond acceptors (Lipinski definition) is 3. The van der Waals surface area contributed by atoms with Gasteiger partial charge in [-0.3, -0.25) is 10.1 Å². The first-order valence-electron chi connectivity index (χ1n) is 4.43. The Morgan fingerprint density at radius 2 is 2.06 bits per heavy atom. The predicted octanol–water partition coefficient (Wildman–Crippen LogP) is 3.69. The lowest BCUT2D eigenvalue weighted by molar-refractivity contribution is -0.385. The second kappa shape index (κ2) is 5.35. The molecular formula is C9H7BrF3NO3. The molecule has 0 spiro atoms. The van der Waals surface area contributed by atoms with Crippen molar-refractivity contribution in [2.24, 2.45) is 0 Å². The lowest BCUT2D eigenvalue weighted by Crippen LogP contribution is -2.13. The number of hydrogen-bond donors (Lipinski definition) is 0. The molecule has 0 amide bonds. The number of nitro benzene ring substituents is 1. The van der Waals surface area contributed by atoms with E-state index < -0.39 is 24.1 Å². The van der Waals surface area contributed by atoms with Gasteiger partial charge in [0.1, 0.15) is 5.75 Å². The SMILES string of the molecule is O=[N+]([O-])c1ccc(OCCC(F)(F)F)c(Br)c1. The minimum atomic E-state index is -4.28. The molecule has 0 saturated heterocycles. The minimum absolute atomic E-state index is 0.139. The number of ether oxygens (including phenoxy) is 1. The van der Waals surface area contributed by atoms with Crippen LogP contribution in [0.3, 0.4) is 0 Å². The van der Waals surface area contributed by atoms with Crippen molar-refractivity contribution < 1.29 is 22.8 Å². The Bertz CT molecular complexity index is 422. The molecule has 0 aliphatic carbocycles. The fraction of sp³-hybridized carbons (Fsp3) is 0.333. The van der Waals surface area contributed by atoms with Crippen LogP contribution in [0.5, 0.6) is 5.75 Å². The van der Waals surface area contributed by atoms with E-state index in [1.54, 1.807) is 0 Å². The summed E-state index contributed by atoms with van der Waals surface area (Å²) in [6.45, 7) is -0.528. The van der Waals surface area contributed by atoms with Crippen LogP contribution in [0.15, 0.2) is 22.7 Å². The second-order valence-electron chi connectivity index (χ2n) is 3.09. The number of nitro groups is 1. The normalized spacial score (nSPS) is 11.3. The Hall–Kier alpha value is -1.31. The molecule has 0 aliphatic rings. The average molecular weight is 314 g/mol.